The fourth-order valence-corrected chi connectivity index (χ4v) is 2.14. The Balaban J connectivity index is 4.88. The predicted octanol–water partition coefficient (Wildman–Crippen LogP) is 3.69. The van der Waals surface area contributed by atoms with Crippen molar-refractivity contribution in [2.45, 2.75) is 66.0 Å². The molecular weight excluding hydrogens is 170 g/mol. The van der Waals surface area contributed by atoms with Crippen LogP contribution < -0.4 is 0 Å². The molecule has 14 heavy (non-hydrogen) atoms. The van der Waals surface area contributed by atoms with Crippen LogP contribution in [0.4, 0.5) is 0 Å². The van der Waals surface area contributed by atoms with E-state index in [1.165, 1.54) is 6.42 Å². The fraction of sp³-hybridized carbons (Fsp3) is 1.00. The molecule has 0 aromatic heterocycles. The van der Waals surface area contributed by atoms with Crippen LogP contribution in [0.5, 0.6) is 0 Å². The molecular formula is C13H30N+. The smallest absolute Gasteiger partial charge is 0.0937 e. The van der Waals surface area contributed by atoms with Gasteiger partial charge < -0.3 is 4.48 Å². The molecule has 0 fully saturated rings. The minimum Gasteiger partial charge on any atom is -0.320 e. The molecule has 0 rings (SSSR count). The Kier molecular flexibility index (Phi) is 3.83. The van der Waals surface area contributed by atoms with E-state index in [0.717, 1.165) is 10.4 Å². The van der Waals surface area contributed by atoms with Crippen LogP contribution in [0.25, 0.3) is 0 Å². The Morgan fingerprint density at radius 1 is 0.929 bits per heavy atom. The Hall–Kier alpha value is -0.0400. The van der Waals surface area contributed by atoms with Gasteiger partial charge in [-0.25, -0.2) is 0 Å². The van der Waals surface area contributed by atoms with Gasteiger partial charge in [-0.05, 0) is 40.5 Å². The number of quaternary nitrogens is 1. The maximum absolute atomic E-state index is 2.39. The normalized spacial score (nSPS) is 15.0. The molecule has 0 amide bonds. The van der Waals surface area contributed by atoms with E-state index in [9.17, 15) is 0 Å². The molecule has 0 N–H and O–H groups in total. The predicted molar refractivity (Wildman–Crippen MR) is 65.4 cm³/mol. The topological polar surface area (TPSA) is 0 Å². The van der Waals surface area contributed by atoms with E-state index in [-0.39, 0.29) is 0 Å². The molecule has 0 aliphatic rings. The lowest BCUT2D eigenvalue weighted by Crippen LogP contribution is -2.65. The molecule has 0 heterocycles. The average Bonchev–Trinajstić information content (AvgIpc) is 1.80. The number of nitrogens with zero attached hydrogens (tertiary/aromatic N) is 1. The highest BCUT2D eigenvalue weighted by atomic mass is 15.4. The van der Waals surface area contributed by atoms with Gasteiger partial charge in [-0.3, -0.25) is 0 Å². The van der Waals surface area contributed by atoms with Crippen molar-refractivity contribution in [3.63, 3.8) is 0 Å². The molecule has 1 heteroatoms. The van der Waals surface area contributed by atoms with Crippen molar-refractivity contribution in [3.8, 4) is 0 Å². The van der Waals surface area contributed by atoms with E-state index < -0.39 is 0 Å². The molecule has 0 unspecified atom stereocenters. The molecule has 0 saturated carbocycles. The zero-order valence-corrected chi connectivity index (χ0v) is 11.7. The molecule has 1 nitrogen and oxygen atoms in total. The van der Waals surface area contributed by atoms with Gasteiger partial charge >= 0.3 is 0 Å². The van der Waals surface area contributed by atoms with Crippen LogP contribution in [0.15, 0.2) is 0 Å². The van der Waals surface area contributed by atoms with Gasteiger partial charge in [-0.1, -0.05) is 13.8 Å². The minimum atomic E-state index is 0.304. The van der Waals surface area contributed by atoms with E-state index in [2.05, 4.69) is 62.6 Å². The highest BCUT2D eigenvalue weighted by Gasteiger charge is 2.44. The first-order chi connectivity index (χ1) is 5.92. The second kappa shape index (κ2) is 3.84. The average molecular weight is 200 g/mol. The summed E-state index contributed by atoms with van der Waals surface area (Å²) in [6.45, 7) is 16.4. The number of hydrogen-bond acceptors (Lipinski definition) is 0. The van der Waals surface area contributed by atoms with Crippen LogP contribution in [-0.2, 0) is 0 Å². The van der Waals surface area contributed by atoms with Gasteiger partial charge in [0.05, 0.1) is 25.2 Å². The van der Waals surface area contributed by atoms with Crippen LogP contribution in [-0.4, -0.2) is 29.7 Å². The molecule has 0 radical (unpaired) electrons. The highest BCUT2D eigenvalue weighted by Crippen LogP contribution is 2.35. The Bertz CT molecular complexity index is 182. The largest absolute Gasteiger partial charge is 0.320 e. The van der Waals surface area contributed by atoms with Gasteiger partial charge in [0.2, 0.25) is 0 Å². The van der Waals surface area contributed by atoms with Crippen LogP contribution >= 0.6 is 0 Å². The third-order valence-electron chi connectivity index (χ3n) is 4.10. The van der Waals surface area contributed by atoms with Crippen LogP contribution in [0.3, 0.4) is 0 Å². The first kappa shape index (κ1) is 14.0. The Morgan fingerprint density at radius 3 is 1.50 bits per heavy atom. The van der Waals surface area contributed by atoms with E-state index in [1.807, 2.05) is 0 Å². The molecule has 0 spiro atoms. The van der Waals surface area contributed by atoms with Crippen molar-refractivity contribution in [2.24, 2.45) is 5.92 Å². The molecule has 0 bridgehead atoms. The maximum atomic E-state index is 2.39. The van der Waals surface area contributed by atoms with Crippen molar-refractivity contribution >= 4 is 0 Å². The molecule has 0 aliphatic carbocycles. The maximum Gasteiger partial charge on any atom is 0.0937 e. The van der Waals surface area contributed by atoms with E-state index >= 15 is 0 Å². The lowest BCUT2D eigenvalue weighted by Gasteiger charge is -2.54. The van der Waals surface area contributed by atoms with Gasteiger partial charge in [-0.15, -0.1) is 0 Å². The summed E-state index contributed by atoms with van der Waals surface area (Å²) in [5.41, 5.74) is 0.644. The van der Waals surface area contributed by atoms with Crippen molar-refractivity contribution in [3.05, 3.63) is 0 Å². The summed E-state index contributed by atoms with van der Waals surface area (Å²) in [6, 6.07) is 0. The van der Waals surface area contributed by atoms with E-state index in [1.54, 1.807) is 0 Å². The zero-order chi connectivity index (χ0) is 11.8. The van der Waals surface area contributed by atoms with Gasteiger partial charge in [0.15, 0.2) is 0 Å². The standard InChI is InChI=1S/C13H30N/c1-11(2)10-13(6,7)14(8,9)12(3,4)5/h11H,10H2,1-9H3/q+1. The van der Waals surface area contributed by atoms with Crippen molar-refractivity contribution in [1.29, 1.82) is 0 Å². The monoisotopic (exact) mass is 200 g/mol. The van der Waals surface area contributed by atoms with E-state index in [4.69, 9.17) is 0 Å². The van der Waals surface area contributed by atoms with Crippen molar-refractivity contribution in [2.75, 3.05) is 14.1 Å². The first-order valence-electron chi connectivity index (χ1n) is 5.76. The Morgan fingerprint density at radius 2 is 1.29 bits per heavy atom. The van der Waals surface area contributed by atoms with Gasteiger partial charge in [0.1, 0.15) is 0 Å². The van der Waals surface area contributed by atoms with Crippen molar-refractivity contribution in [1.82, 2.24) is 0 Å². The van der Waals surface area contributed by atoms with Crippen LogP contribution in [0.1, 0.15) is 54.9 Å². The summed E-state index contributed by atoms with van der Waals surface area (Å²) in [5.74, 6) is 0.768. The Labute approximate surface area is 91.1 Å². The summed E-state index contributed by atoms with van der Waals surface area (Å²) in [5, 5.41) is 0. The molecule has 0 aromatic carbocycles. The molecule has 86 valence electrons. The zero-order valence-electron chi connectivity index (χ0n) is 11.7. The highest BCUT2D eigenvalue weighted by molar-refractivity contribution is 4.76. The summed E-state index contributed by atoms with van der Waals surface area (Å²) >= 11 is 0. The summed E-state index contributed by atoms with van der Waals surface area (Å²) in [4.78, 5) is 0. The number of hydrogen-bond donors (Lipinski definition) is 0. The van der Waals surface area contributed by atoms with Crippen LogP contribution in [0.2, 0.25) is 0 Å². The first-order valence-corrected chi connectivity index (χ1v) is 5.76. The summed E-state index contributed by atoms with van der Waals surface area (Å²) < 4.78 is 1.07. The number of rotatable bonds is 3. The van der Waals surface area contributed by atoms with Gasteiger partial charge in [-0.2, -0.15) is 0 Å². The third-order valence-corrected chi connectivity index (χ3v) is 4.10. The third kappa shape index (κ3) is 2.73. The molecule has 0 aliphatic heterocycles. The summed E-state index contributed by atoms with van der Waals surface area (Å²) in [7, 11) is 4.70. The van der Waals surface area contributed by atoms with Gasteiger partial charge in [0, 0.05) is 6.42 Å². The lowest BCUT2D eigenvalue weighted by atomic mass is 9.85. The SMILES string of the molecule is CC(C)CC(C)(C)[N+](C)(C)C(C)(C)C. The minimum absolute atomic E-state index is 0.304. The fourth-order valence-electron chi connectivity index (χ4n) is 2.14. The second-order valence-corrected chi connectivity index (χ2v) is 7.03. The molecule has 0 saturated heterocycles. The van der Waals surface area contributed by atoms with E-state index in [0.29, 0.717) is 11.1 Å². The summed E-state index contributed by atoms with van der Waals surface area (Å²) in [6.07, 6.45) is 1.28. The van der Waals surface area contributed by atoms with Crippen molar-refractivity contribution < 1.29 is 4.48 Å². The molecule has 0 aromatic rings. The molecule has 0 atom stereocenters. The second-order valence-electron chi connectivity index (χ2n) is 7.03. The quantitative estimate of drug-likeness (QED) is 0.610. The lowest BCUT2D eigenvalue weighted by molar-refractivity contribution is -0.980. The van der Waals surface area contributed by atoms with Gasteiger partial charge in [0.25, 0.3) is 0 Å². The van der Waals surface area contributed by atoms with Crippen LogP contribution in [0, 0.1) is 5.92 Å².